The van der Waals surface area contributed by atoms with E-state index in [0.29, 0.717) is 5.56 Å². The van der Waals surface area contributed by atoms with Crippen molar-refractivity contribution in [1.29, 1.82) is 0 Å². The Bertz CT molecular complexity index is 1300. The highest BCUT2D eigenvalue weighted by atomic mass is 16.7. The van der Waals surface area contributed by atoms with E-state index in [2.05, 4.69) is 14.2 Å². The van der Waals surface area contributed by atoms with Crippen LogP contribution in [0, 0.1) is 6.92 Å². The molecule has 0 bridgehead atoms. The Morgan fingerprint density at radius 2 is 1.32 bits per heavy atom. The van der Waals surface area contributed by atoms with Crippen molar-refractivity contribution in [3.63, 3.8) is 0 Å². The predicted molar refractivity (Wildman–Crippen MR) is 131 cm³/mol. The number of carbonyl (C=O) groups is 5. The third kappa shape index (κ3) is 8.28. The van der Waals surface area contributed by atoms with Crippen LogP contribution in [-0.4, -0.2) is 43.2 Å². The molecule has 0 saturated carbocycles. The third-order valence-electron chi connectivity index (χ3n) is 5.46. The summed E-state index contributed by atoms with van der Waals surface area (Å²) in [6, 6.07) is 20.5. The fourth-order valence-electron chi connectivity index (χ4n) is 3.61. The maximum Gasteiger partial charge on any atom is 0.420 e. The number of benzene rings is 3. The van der Waals surface area contributed by atoms with Gasteiger partial charge in [-0.3, -0.25) is 14.4 Å². The first-order chi connectivity index (χ1) is 17.7. The Morgan fingerprint density at radius 1 is 0.703 bits per heavy atom. The second-order valence-electron chi connectivity index (χ2n) is 8.26. The van der Waals surface area contributed by atoms with Crippen LogP contribution in [0.4, 0.5) is 0 Å². The van der Waals surface area contributed by atoms with Crippen molar-refractivity contribution in [1.82, 2.24) is 0 Å². The average Bonchev–Trinajstić information content (AvgIpc) is 2.88. The van der Waals surface area contributed by atoms with Gasteiger partial charge in [-0.2, -0.15) is 0 Å². The van der Waals surface area contributed by atoms with Crippen LogP contribution in [-0.2, 0) is 38.1 Å². The number of aryl methyl sites for hydroxylation is 1. The van der Waals surface area contributed by atoms with Crippen molar-refractivity contribution < 1.29 is 42.9 Å². The maximum absolute atomic E-state index is 13.1. The van der Waals surface area contributed by atoms with Crippen LogP contribution >= 0.6 is 0 Å². The molecule has 3 aromatic carbocycles. The molecule has 0 heterocycles. The number of esters is 4. The molecule has 0 aliphatic carbocycles. The number of carbonyl (C=O) groups excluding carboxylic acids is 5. The number of Topliss-reactive ketones (excluding diaryl/α,β-unsaturated/α-hetero) is 1. The van der Waals surface area contributed by atoms with Crippen LogP contribution in [0.5, 0.6) is 0 Å². The number of ether oxygens (including phenoxy) is 4. The zero-order valence-corrected chi connectivity index (χ0v) is 20.4. The molecular weight excluding hydrogens is 480 g/mol. The molecule has 0 aromatic heterocycles. The van der Waals surface area contributed by atoms with Crippen molar-refractivity contribution in [3.8, 4) is 0 Å². The van der Waals surface area contributed by atoms with Crippen LogP contribution in [0.1, 0.15) is 47.2 Å². The normalized spacial score (nSPS) is 11.3. The quantitative estimate of drug-likeness (QED) is 0.174. The second-order valence-corrected chi connectivity index (χ2v) is 8.26. The number of rotatable bonds is 10. The number of fused-ring (bicyclic) bond motifs is 1. The van der Waals surface area contributed by atoms with Crippen molar-refractivity contribution in [2.45, 2.75) is 32.6 Å². The first-order valence-corrected chi connectivity index (χ1v) is 11.4. The summed E-state index contributed by atoms with van der Waals surface area (Å²) in [6.45, 7) is 1.54. The molecular formula is C28H26O9. The summed E-state index contributed by atoms with van der Waals surface area (Å²) in [5, 5.41) is 1.98. The standard InChI is InChI=1S/C28H26O9/c1-18-8-9-22-13-23(11-10-21(22)12-18)25(30)14-24(20-6-4-3-5-7-20)15-26(31)35-17-37-28(33)27(32)36-16-34-19(2)29/h3-13,24H,14-17H2,1-2H3. The second kappa shape index (κ2) is 13.0. The van der Waals surface area contributed by atoms with Crippen LogP contribution in [0.15, 0.2) is 66.7 Å². The SMILES string of the molecule is CC(=O)OCOC(=O)C(=O)OCOC(=O)CC(CC(=O)c1ccc2cc(C)ccc2c1)c1ccccc1. The zero-order valence-electron chi connectivity index (χ0n) is 20.4. The molecule has 0 aliphatic heterocycles. The fourth-order valence-corrected chi connectivity index (χ4v) is 3.61. The smallest absolute Gasteiger partial charge is 0.420 e. The fraction of sp³-hybridized carbons (Fsp3) is 0.250. The van der Waals surface area contributed by atoms with Gasteiger partial charge < -0.3 is 18.9 Å². The van der Waals surface area contributed by atoms with E-state index in [1.165, 1.54) is 0 Å². The van der Waals surface area contributed by atoms with E-state index in [1.54, 1.807) is 18.2 Å². The first-order valence-electron chi connectivity index (χ1n) is 11.4. The summed E-state index contributed by atoms with van der Waals surface area (Å²) in [6.07, 6.45) is -0.101. The van der Waals surface area contributed by atoms with Crippen molar-refractivity contribution in [2.75, 3.05) is 13.6 Å². The van der Waals surface area contributed by atoms with E-state index in [1.807, 2.05) is 55.5 Å². The van der Waals surface area contributed by atoms with Crippen molar-refractivity contribution in [2.24, 2.45) is 0 Å². The molecule has 9 heteroatoms. The minimum atomic E-state index is -1.42. The lowest BCUT2D eigenvalue weighted by atomic mass is 9.88. The molecule has 1 atom stereocenters. The molecule has 3 rings (SSSR count). The minimum absolute atomic E-state index is 0.0543. The molecule has 3 aromatic rings. The molecule has 9 nitrogen and oxygen atoms in total. The Balaban J connectivity index is 1.59. The van der Waals surface area contributed by atoms with Crippen molar-refractivity contribution >= 4 is 40.4 Å². The number of hydrogen-bond donors (Lipinski definition) is 0. The largest absolute Gasteiger partial charge is 0.428 e. The van der Waals surface area contributed by atoms with E-state index in [4.69, 9.17) is 4.74 Å². The van der Waals surface area contributed by atoms with Gasteiger partial charge in [0.25, 0.3) is 0 Å². The average molecular weight is 507 g/mol. The summed E-state index contributed by atoms with van der Waals surface area (Å²) in [4.78, 5) is 59.2. The van der Waals surface area contributed by atoms with Gasteiger partial charge in [-0.15, -0.1) is 0 Å². The Kier molecular flexibility index (Phi) is 9.48. The molecule has 0 fully saturated rings. The van der Waals surface area contributed by atoms with E-state index in [-0.39, 0.29) is 18.6 Å². The van der Waals surface area contributed by atoms with Crippen LogP contribution in [0.25, 0.3) is 10.8 Å². The number of hydrogen-bond acceptors (Lipinski definition) is 9. The molecule has 192 valence electrons. The lowest BCUT2D eigenvalue weighted by molar-refractivity contribution is -0.185. The highest BCUT2D eigenvalue weighted by molar-refractivity contribution is 6.29. The van der Waals surface area contributed by atoms with E-state index < -0.39 is 43.4 Å². The third-order valence-corrected chi connectivity index (χ3v) is 5.46. The van der Waals surface area contributed by atoms with E-state index in [0.717, 1.165) is 28.8 Å². The zero-order chi connectivity index (χ0) is 26.8. The van der Waals surface area contributed by atoms with Gasteiger partial charge in [0.05, 0.1) is 6.42 Å². The van der Waals surface area contributed by atoms with Gasteiger partial charge in [0.1, 0.15) is 0 Å². The van der Waals surface area contributed by atoms with Gasteiger partial charge in [0.15, 0.2) is 5.78 Å². The lowest BCUT2D eigenvalue weighted by Crippen LogP contribution is -2.24. The van der Waals surface area contributed by atoms with Gasteiger partial charge in [-0.25, -0.2) is 9.59 Å². The van der Waals surface area contributed by atoms with Gasteiger partial charge >= 0.3 is 23.9 Å². The summed E-state index contributed by atoms with van der Waals surface area (Å²) in [5.41, 5.74) is 2.43. The van der Waals surface area contributed by atoms with E-state index in [9.17, 15) is 24.0 Å². The van der Waals surface area contributed by atoms with Crippen LogP contribution in [0.2, 0.25) is 0 Å². The topological polar surface area (TPSA) is 122 Å². The highest BCUT2D eigenvalue weighted by Crippen LogP contribution is 2.27. The lowest BCUT2D eigenvalue weighted by Gasteiger charge is -2.16. The summed E-state index contributed by atoms with van der Waals surface area (Å²) in [5.74, 6) is -4.86. The van der Waals surface area contributed by atoms with Crippen LogP contribution < -0.4 is 0 Å². The monoisotopic (exact) mass is 506 g/mol. The molecule has 0 N–H and O–H groups in total. The van der Waals surface area contributed by atoms with Gasteiger partial charge in [-0.1, -0.05) is 66.2 Å². The maximum atomic E-state index is 13.1. The van der Waals surface area contributed by atoms with E-state index >= 15 is 0 Å². The molecule has 1 unspecified atom stereocenters. The summed E-state index contributed by atoms with van der Waals surface area (Å²) in [7, 11) is 0. The molecule has 0 aliphatic rings. The minimum Gasteiger partial charge on any atom is -0.428 e. The predicted octanol–water partition coefficient (Wildman–Crippen LogP) is 4.00. The summed E-state index contributed by atoms with van der Waals surface area (Å²) < 4.78 is 18.2. The highest BCUT2D eigenvalue weighted by Gasteiger charge is 2.23. The molecule has 0 radical (unpaired) electrons. The van der Waals surface area contributed by atoms with Gasteiger partial charge in [0.2, 0.25) is 13.6 Å². The Morgan fingerprint density at radius 3 is 2.00 bits per heavy atom. The van der Waals surface area contributed by atoms with Gasteiger partial charge in [-0.05, 0) is 29.3 Å². The van der Waals surface area contributed by atoms with Gasteiger partial charge in [0, 0.05) is 24.8 Å². The van der Waals surface area contributed by atoms with Crippen LogP contribution in [0.3, 0.4) is 0 Å². The Labute approximate surface area is 213 Å². The molecule has 0 saturated heterocycles. The molecule has 0 spiro atoms. The molecule has 0 amide bonds. The Hall–Kier alpha value is -4.53. The number of ketones is 1. The first kappa shape index (κ1) is 27.1. The molecule has 37 heavy (non-hydrogen) atoms. The summed E-state index contributed by atoms with van der Waals surface area (Å²) >= 11 is 0. The van der Waals surface area contributed by atoms with Crippen molar-refractivity contribution in [3.05, 3.63) is 83.4 Å².